The molecule has 0 fully saturated rings. The highest BCUT2D eigenvalue weighted by molar-refractivity contribution is 5.94. The molecule has 0 spiro atoms. The number of hydrogen-bond donors (Lipinski definition) is 2. The van der Waals surface area contributed by atoms with Crippen molar-refractivity contribution in [2.75, 3.05) is 0 Å². The lowest BCUT2D eigenvalue weighted by molar-refractivity contribution is -0.141. The number of nitrogens with one attached hydrogen (secondary N) is 1. The summed E-state index contributed by atoms with van der Waals surface area (Å²) in [6.45, 7) is 3.19. The summed E-state index contributed by atoms with van der Waals surface area (Å²) in [5.74, 6) is -1.89. The standard InChI is InChI=1S/C10H13NO4/c1-6(10(13)14)7(2)11-9(12)8-3-4-15-5-8/h3-7H,1-2H3,(H,11,12)(H,13,14). The van der Waals surface area contributed by atoms with Crippen molar-refractivity contribution in [1.29, 1.82) is 0 Å². The van der Waals surface area contributed by atoms with Crippen LogP contribution in [0.2, 0.25) is 0 Å². The Morgan fingerprint density at radius 3 is 2.60 bits per heavy atom. The minimum atomic E-state index is -0.935. The monoisotopic (exact) mass is 211 g/mol. The third kappa shape index (κ3) is 2.83. The van der Waals surface area contributed by atoms with E-state index in [0.29, 0.717) is 5.56 Å². The molecule has 0 aromatic carbocycles. The molecule has 0 aliphatic rings. The molecule has 0 saturated heterocycles. The molecule has 2 atom stereocenters. The molecule has 0 aliphatic heterocycles. The second-order valence-corrected chi connectivity index (χ2v) is 3.40. The van der Waals surface area contributed by atoms with Gasteiger partial charge in [-0.05, 0) is 19.9 Å². The maximum atomic E-state index is 11.5. The molecular weight excluding hydrogens is 198 g/mol. The maximum absolute atomic E-state index is 11.5. The van der Waals surface area contributed by atoms with Crippen LogP contribution < -0.4 is 5.32 Å². The first-order valence-corrected chi connectivity index (χ1v) is 4.58. The van der Waals surface area contributed by atoms with Crippen LogP contribution >= 0.6 is 0 Å². The van der Waals surface area contributed by atoms with Crippen LogP contribution in [0.3, 0.4) is 0 Å². The molecule has 0 saturated carbocycles. The highest BCUT2D eigenvalue weighted by Gasteiger charge is 2.21. The SMILES string of the molecule is CC(NC(=O)c1ccoc1)C(C)C(=O)O. The van der Waals surface area contributed by atoms with Gasteiger partial charge in [-0.2, -0.15) is 0 Å². The summed E-state index contributed by atoms with van der Waals surface area (Å²) in [7, 11) is 0. The van der Waals surface area contributed by atoms with Gasteiger partial charge >= 0.3 is 5.97 Å². The van der Waals surface area contributed by atoms with Gasteiger partial charge in [-0.15, -0.1) is 0 Å². The fourth-order valence-electron chi connectivity index (χ4n) is 1.02. The molecule has 1 amide bonds. The third-order valence-electron chi connectivity index (χ3n) is 2.28. The molecule has 1 aromatic heterocycles. The second kappa shape index (κ2) is 4.63. The predicted octanol–water partition coefficient (Wildman–Crippen LogP) is 1.12. The zero-order chi connectivity index (χ0) is 11.4. The van der Waals surface area contributed by atoms with Crippen LogP contribution in [0, 0.1) is 5.92 Å². The average Bonchev–Trinajstić information content (AvgIpc) is 2.68. The first-order chi connectivity index (χ1) is 7.02. The van der Waals surface area contributed by atoms with Gasteiger partial charge in [-0.1, -0.05) is 0 Å². The molecule has 1 aromatic rings. The molecule has 5 nitrogen and oxygen atoms in total. The van der Waals surface area contributed by atoms with Crippen LogP contribution in [0.1, 0.15) is 24.2 Å². The first-order valence-electron chi connectivity index (χ1n) is 4.58. The van der Waals surface area contributed by atoms with E-state index in [9.17, 15) is 9.59 Å². The van der Waals surface area contributed by atoms with Crippen LogP contribution in [0.25, 0.3) is 0 Å². The van der Waals surface area contributed by atoms with Crippen molar-refractivity contribution in [2.24, 2.45) is 5.92 Å². The molecule has 1 heterocycles. The van der Waals surface area contributed by atoms with Gasteiger partial charge in [0.05, 0.1) is 17.7 Å². The summed E-state index contributed by atoms with van der Waals surface area (Å²) >= 11 is 0. The topological polar surface area (TPSA) is 79.5 Å². The second-order valence-electron chi connectivity index (χ2n) is 3.40. The van der Waals surface area contributed by atoms with Gasteiger partial charge in [0.15, 0.2) is 0 Å². The fraction of sp³-hybridized carbons (Fsp3) is 0.400. The zero-order valence-corrected chi connectivity index (χ0v) is 8.56. The Labute approximate surface area is 87.1 Å². The van der Waals surface area contributed by atoms with Gasteiger partial charge in [0.1, 0.15) is 6.26 Å². The van der Waals surface area contributed by atoms with E-state index in [4.69, 9.17) is 9.52 Å². The van der Waals surface area contributed by atoms with Crippen molar-refractivity contribution < 1.29 is 19.1 Å². The number of rotatable bonds is 4. The summed E-state index contributed by atoms with van der Waals surface area (Å²) in [4.78, 5) is 22.1. The van der Waals surface area contributed by atoms with Crippen molar-refractivity contribution in [3.8, 4) is 0 Å². The van der Waals surface area contributed by atoms with Gasteiger partial charge in [0, 0.05) is 6.04 Å². The lowest BCUT2D eigenvalue weighted by Gasteiger charge is -2.16. The Hall–Kier alpha value is -1.78. The van der Waals surface area contributed by atoms with Crippen molar-refractivity contribution in [3.63, 3.8) is 0 Å². The molecule has 0 bridgehead atoms. The Kier molecular flexibility index (Phi) is 3.49. The van der Waals surface area contributed by atoms with E-state index in [-0.39, 0.29) is 5.91 Å². The molecular formula is C10H13NO4. The summed E-state index contributed by atoms with van der Waals surface area (Å²) < 4.78 is 4.75. The minimum absolute atomic E-state index is 0.329. The van der Waals surface area contributed by atoms with E-state index in [1.807, 2.05) is 0 Å². The van der Waals surface area contributed by atoms with E-state index in [0.717, 1.165) is 0 Å². The van der Waals surface area contributed by atoms with E-state index in [2.05, 4.69) is 5.32 Å². The van der Waals surface area contributed by atoms with Crippen LogP contribution in [-0.4, -0.2) is 23.0 Å². The lowest BCUT2D eigenvalue weighted by atomic mass is 10.0. The Balaban J connectivity index is 2.56. The quantitative estimate of drug-likeness (QED) is 0.782. The predicted molar refractivity (Wildman–Crippen MR) is 52.4 cm³/mol. The van der Waals surface area contributed by atoms with E-state index in [1.165, 1.54) is 18.6 Å². The van der Waals surface area contributed by atoms with Crippen LogP contribution in [0.15, 0.2) is 23.0 Å². The largest absolute Gasteiger partial charge is 0.481 e. The zero-order valence-electron chi connectivity index (χ0n) is 8.56. The highest BCUT2D eigenvalue weighted by atomic mass is 16.4. The van der Waals surface area contributed by atoms with E-state index < -0.39 is 17.9 Å². The number of furan rings is 1. The van der Waals surface area contributed by atoms with Crippen molar-refractivity contribution in [2.45, 2.75) is 19.9 Å². The van der Waals surface area contributed by atoms with Crippen molar-refractivity contribution in [1.82, 2.24) is 5.32 Å². The van der Waals surface area contributed by atoms with Gasteiger partial charge in [0.25, 0.3) is 5.91 Å². The number of carbonyl (C=O) groups is 2. The number of aliphatic carboxylic acids is 1. The summed E-state index contributed by atoms with van der Waals surface area (Å²) in [5, 5.41) is 11.3. The highest BCUT2D eigenvalue weighted by Crippen LogP contribution is 2.05. The Morgan fingerprint density at radius 1 is 1.47 bits per heavy atom. The number of carboxylic acid groups (broad SMARTS) is 1. The third-order valence-corrected chi connectivity index (χ3v) is 2.28. The number of amides is 1. The molecule has 2 unspecified atom stereocenters. The maximum Gasteiger partial charge on any atom is 0.308 e. The van der Waals surface area contributed by atoms with Gasteiger partial charge in [-0.3, -0.25) is 9.59 Å². The summed E-state index contributed by atoms with van der Waals surface area (Å²) in [5.41, 5.74) is 0.388. The van der Waals surface area contributed by atoms with E-state index >= 15 is 0 Å². The molecule has 15 heavy (non-hydrogen) atoms. The molecule has 2 N–H and O–H groups in total. The molecule has 82 valence electrons. The summed E-state index contributed by atoms with van der Waals surface area (Å²) in [6.07, 6.45) is 2.70. The van der Waals surface area contributed by atoms with Gasteiger partial charge in [-0.25, -0.2) is 0 Å². The normalized spacial score (nSPS) is 14.3. The molecule has 1 rings (SSSR count). The number of carboxylic acids is 1. The lowest BCUT2D eigenvalue weighted by Crippen LogP contribution is -2.39. The molecule has 5 heteroatoms. The number of carbonyl (C=O) groups excluding carboxylic acids is 1. The van der Waals surface area contributed by atoms with Crippen LogP contribution in [-0.2, 0) is 4.79 Å². The van der Waals surface area contributed by atoms with Crippen LogP contribution in [0.4, 0.5) is 0 Å². The molecule has 0 radical (unpaired) electrons. The Bertz CT molecular complexity index is 344. The van der Waals surface area contributed by atoms with Crippen molar-refractivity contribution in [3.05, 3.63) is 24.2 Å². The average molecular weight is 211 g/mol. The van der Waals surface area contributed by atoms with Gasteiger partial charge < -0.3 is 14.8 Å². The fourth-order valence-corrected chi connectivity index (χ4v) is 1.02. The van der Waals surface area contributed by atoms with E-state index in [1.54, 1.807) is 13.8 Å². The molecule has 0 aliphatic carbocycles. The first kappa shape index (κ1) is 11.3. The van der Waals surface area contributed by atoms with Crippen molar-refractivity contribution >= 4 is 11.9 Å². The smallest absolute Gasteiger partial charge is 0.308 e. The van der Waals surface area contributed by atoms with Crippen LogP contribution in [0.5, 0.6) is 0 Å². The summed E-state index contributed by atoms with van der Waals surface area (Å²) in [6, 6.07) is 1.10. The minimum Gasteiger partial charge on any atom is -0.481 e. The number of hydrogen-bond acceptors (Lipinski definition) is 3. The van der Waals surface area contributed by atoms with Gasteiger partial charge in [0.2, 0.25) is 0 Å². The Morgan fingerprint density at radius 2 is 2.13 bits per heavy atom.